The van der Waals surface area contributed by atoms with Crippen LogP contribution in [0.1, 0.15) is 19.8 Å². The molecule has 0 saturated carbocycles. The minimum Gasteiger partial charge on any atom is -0.368 e. The van der Waals surface area contributed by atoms with Crippen molar-refractivity contribution in [1.29, 1.82) is 0 Å². The largest absolute Gasteiger partial charge is 0.368 e. The highest BCUT2D eigenvalue weighted by Gasteiger charge is 2.23. The average Bonchev–Trinajstić information content (AvgIpc) is 2.19. The van der Waals surface area contributed by atoms with E-state index in [1.54, 1.807) is 6.92 Å². The second kappa shape index (κ2) is 4.95. The molecule has 0 aromatic rings. The van der Waals surface area contributed by atoms with Crippen molar-refractivity contribution in [1.82, 2.24) is 10.6 Å². The zero-order valence-corrected chi connectivity index (χ0v) is 8.38. The van der Waals surface area contributed by atoms with Crippen molar-refractivity contribution < 1.29 is 9.59 Å². The number of rotatable bonds is 3. The van der Waals surface area contributed by atoms with Gasteiger partial charge in [-0.15, -0.1) is 0 Å². The molecular formula is C9H17N3O2. The summed E-state index contributed by atoms with van der Waals surface area (Å²) >= 11 is 0. The van der Waals surface area contributed by atoms with Crippen molar-refractivity contribution in [2.24, 2.45) is 11.7 Å². The molecule has 1 aliphatic rings. The van der Waals surface area contributed by atoms with Gasteiger partial charge in [0.1, 0.15) is 6.04 Å². The van der Waals surface area contributed by atoms with Crippen LogP contribution in [0.4, 0.5) is 0 Å². The van der Waals surface area contributed by atoms with E-state index in [0.717, 1.165) is 19.4 Å². The maximum atomic E-state index is 11.6. The lowest BCUT2D eigenvalue weighted by Gasteiger charge is -2.23. The van der Waals surface area contributed by atoms with Crippen LogP contribution in [0, 0.1) is 5.92 Å². The first-order chi connectivity index (χ1) is 6.61. The van der Waals surface area contributed by atoms with E-state index in [2.05, 4.69) is 10.6 Å². The van der Waals surface area contributed by atoms with E-state index in [9.17, 15) is 9.59 Å². The molecule has 1 aliphatic heterocycles. The normalized spacial score (nSPS) is 23.9. The van der Waals surface area contributed by atoms with Gasteiger partial charge in [-0.1, -0.05) is 0 Å². The Morgan fingerprint density at radius 3 is 2.79 bits per heavy atom. The molecule has 0 aliphatic carbocycles. The van der Waals surface area contributed by atoms with Crippen LogP contribution in [0.15, 0.2) is 0 Å². The van der Waals surface area contributed by atoms with E-state index < -0.39 is 11.9 Å². The van der Waals surface area contributed by atoms with Crippen molar-refractivity contribution in [2.75, 3.05) is 13.1 Å². The molecule has 2 atom stereocenters. The fraction of sp³-hybridized carbons (Fsp3) is 0.778. The highest BCUT2D eigenvalue weighted by Crippen LogP contribution is 2.09. The third-order valence-electron chi connectivity index (χ3n) is 2.45. The van der Waals surface area contributed by atoms with Crippen molar-refractivity contribution >= 4 is 11.8 Å². The molecule has 0 aromatic carbocycles. The zero-order chi connectivity index (χ0) is 10.6. The van der Waals surface area contributed by atoms with Gasteiger partial charge in [0.2, 0.25) is 11.8 Å². The van der Waals surface area contributed by atoms with E-state index in [1.807, 2.05) is 0 Å². The van der Waals surface area contributed by atoms with Crippen LogP contribution in [0.5, 0.6) is 0 Å². The number of amides is 2. The molecule has 1 unspecified atom stereocenters. The third-order valence-corrected chi connectivity index (χ3v) is 2.45. The maximum Gasteiger partial charge on any atom is 0.239 e. The Bertz CT molecular complexity index is 224. The standard InChI is InChI=1S/C9H17N3O2/c1-6(8(10)13)12-9(14)7-3-2-4-11-5-7/h6-7,11H,2-5H2,1H3,(H2,10,13)(H,12,14)/t6?,7-/m0/s1. The predicted octanol–water partition coefficient (Wildman–Crippen LogP) is -1.02. The number of nitrogens with one attached hydrogen (secondary N) is 2. The third kappa shape index (κ3) is 2.99. The highest BCUT2D eigenvalue weighted by molar-refractivity contribution is 5.87. The fourth-order valence-electron chi connectivity index (χ4n) is 1.48. The number of primary amides is 1. The summed E-state index contributed by atoms with van der Waals surface area (Å²) in [7, 11) is 0. The zero-order valence-electron chi connectivity index (χ0n) is 8.38. The van der Waals surface area contributed by atoms with Crippen LogP contribution >= 0.6 is 0 Å². The molecule has 1 fully saturated rings. The predicted molar refractivity (Wildman–Crippen MR) is 52.4 cm³/mol. The van der Waals surface area contributed by atoms with Crippen LogP contribution < -0.4 is 16.4 Å². The molecule has 0 bridgehead atoms. The first-order valence-electron chi connectivity index (χ1n) is 4.91. The summed E-state index contributed by atoms with van der Waals surface area (Å²) in [4.78, 5) is 22.3. The van der Waals surface area contributed by atoms with Crippen molar-refractivity contribution in [3.05, 3.63) is 0 Å². The molecule has 0 spiro atoms. The number of carbonyl (C=O) groups is 2. The van der Waals surface area contributed by atoms with Crippen LogP contribution in [0.25, 0.3) is 0 Å². The van der Waals surface area contributed by atoms with Gasteiger partial charge in [-0.2, -0.15) is 0 Å². The molecule has 0 aromatic heterocycles. The Morgan fingerprint density at radius 1 is 1.57 bits per heavy atom. The van der Waals surface area contributed by atoms with E-state index >= 15 is 0 Å². The van der Waals surface area contributed by atoms with Gasteiger partial charge in [-0.05, 0) is 26.3 Å². The van der Waals surface area contributed by atoms with Crippen LogP contribution in [0.3, 0.4) is 0 Å². The van der Waals surface area contributed by atoms with E-state index in [4.69, 9.17) is 5.73 Å². The second-order valence-electron chi connectivity index (χ2n) is 3.68. The summed E-state index contributed by atoms with van der Waals surface area (Å²) in [6, 6.07) is -0.579. The molecule has 5 nitrogen and oxygen atoms in total. The summed E-state index contributed by atoms with van der Waals surface area (Å²) in [5.74, 6) is -0.601. The van der Waals surface area contributed by atoms with Crippen molar-refractivity contribution in [3.63, 3.8) is 0 Å². The van der Waals surface area contributed by atoms with E-state index in [0.29, 0.717) is 6.54 Å². The molecule has 0 radical (unpaired) electrons. The second-order valence-corrected chi connectivity index (χ2v) is 3.68. The topological polar surface area (TPSA) is 84.2 Å². The summed E-state index contributed by atoms with van der Waals surface area (Å²) in [5, 5.41) is 5.74. The maximum absolute atomic E-state index is 11.6. The summed E-state index contributed by atoms with van der Waals surface area (Å²) in [6.45, 7) is 3.25. The molecular weight excluding hydrogens is 182 g/mol. The summed E-state index contributed by atoms with van der Waals surface area (Å²) in [5.41, 5.74) is 5.04. The molecule has 1 saturated heterocycles. The number of hydrogen-bond acceptors (Lipinski definition) is 3. The quantitative estimate of drug-likeness (QED) is 0.543. The molecule has 1 rings (SSSR count). The number of carbonyl (C=O) groups excluding carboxylic acids is 2. The Balaban J connectivity index is 2.36. The molecule has 4 N–H and O–H groups in total. The Labute approximate surface area is 83.4 Å². The first kappa shape index (κ1) is 11.0. The highest BCUT2D eigenvalue weighted by atomic mass is 16.2. The lowest BCUT2D eigenvalue weighted by Crippen LogP contribution is -2.47. The van der Waals surface area contributed by atoms with Crippen LogP contribution in [-0.2, 0) is 9.59 Å². The van der Waals surface area contributed by atoms with E-state index in [1.165, 1.54) is 0 Å². The monoisotopic (exact) mass is 199 g/mol. The van der Waals surface area contributed by atoms with Gasteiger partial charge in [-0.3, -0.25) is 9.59 Å². The first-order valence-corrected chi connectivity index (χ1v) is 4.91. The summed E-state index contributed by atoms with van der Waals surface area (Å²) < 4.78 is 0. The van der Waals surface area contributed by atoms with Crippen molar-refractivity contribution in [2.45, 2.75) is 25.8 Å². The van der Waals surface area contributed by atoms with Crippen LogP contribution in [0.2, 0.25) is 0 Å². The van der Waals surface area contributed by atoms with Gasteiger partial charge >= 0.3 is 0 Å². The molecule has 2 amide bonds. The lowest BCUT2D eigenvalue weighted by molar-refractivity contribution is -0.129. The minimum absolute atomic E-state index is 0.0226. The van der Waals surface area contributed by atoms with Gasteiger partial charge in [0.25, 0.3) is 0 Å². The number of piperidine rings is 1. The van der Waals surface area contributed by atoms with Crippen molar-refractivity contribution in [3.8, 4) is 0 Å². The molecule has 14 heavy (non-hydrogen) atoms. The molecule has 80 valence electrons. The van der Waals surface area contributed by atoms with Gasteiger partial charge in [0.15, 0.2) is 0 Å². The fourth-order valence-corrected chi connectivity index (χ4v) is 1.48. The van der Waals surface area contributed by atoms with Gasteiger partial charge < -0.3 is 16.4 Å². The lowest BCUT2D eigenvalue weighted by atomic mass is 9.98. The van der Waals surface area contributed by atoms with Gasteiger partial charge in [-0.25, -0.2) is 0 Å². The SMILES string of the molecule is CC(NC(=O)[C@H]1CCCNC1)C(N)=O. The minimum atomic E-state index is -0.579. The number of hydrogen-bond donors (Lipinski definition) is 3. The molecule has 5 heteroatoms. The number of nitrogens with two attached hydrogens (primary N) is 1. The van der Waals surface area contributed by atoms with E-state index in [-0.39, 0.29) is 11.8 Å². The summed E-state index contributed by atoms with van der Waals surface area (Å²) in [6.07, 6.45) is 1.88. The smallest absolute Gasteiger partial charge is 0.239 e. The van der Waals surface area contributed by atoms with Crippen LogP contribution in [-0.4, -0.2) is 30.9 Å². The van der Waals surface area contributed by atoms with Gasteiger partial charge in [0.05, 0.1) is 5.92 Å². The Hall–Kier alpha value is -1.10. The Morgan fingerprint density at radius 2 is 2.29 bits per heavy atom. The molecule has 1 heterocycles. The average molecular weight is 199 g/mol. The Kier molecular flexibility index (Phi) is 3.88. The van der Waals surface area contributed by atoms with Gasteiger partial charge in [0, 0.05) is 6.54 Å².